The molecule has 0 saturated carbocycles. The first-order valence-electron chi connectivity index (χ1n) is 11.4. The number of rotatable bonds is 8. The summed E-state index contributed by atoms with van der Waals surface area (Å²) in [5, 5.41) is 2.82. The summed E-state index contributed by atoms with van der Waals surface area (Å²) in [5.41, 5.74) is 4.52. The van der Waals surface area contributed by atoms with Crippen molar-refractivity contribution in [3.05, 3.63) is 88.3 Å². The maximum atomic E-state index is 13.0. The number of methoxy groups -OCH3 is 1. The van der Waals surface area contributed by atoms with Gasteiger partial charge in [-0.05, 0) is 66.9 Å². The highest BCUT2D eigenvalue weighted by molar-refractivity contribution is 8.27. The molecule has 0 atom stereocenters. The van der Waals surface area contributed by atoms with Crippen molar-refractivity contribution in [2.45, 2.75) is 20.3 Å². The lowest BCUT2D eigenvalue weighted by Gasteiger charge is -2.14. The summed E-state index contributed by atoms with van der Waals surface area (Å²) in [7, 11) is 1.53. The van der Waals surface area contributed by atoms with Crippen LogP contribution >= 0.6 is 24.0 Å². The standard InChI is InChI=1S/C28H26N2O4S2/c1-4-19-7-10-21(11-8-19)29-26(31)17-34-23-14-9-20(15-24(23)33-3)16-25-27(32)30(28(35)36-25)22-12-5-18(2)6-13-22/h5-16H,4,17H2,1-3H3,(H,29,31)/b25-16-. The van der Waals surface area contributed by atoms with Gasteiger partial charge in [0.1, 0.15) is 0 Å². The molecule has 1 heterocycles. The van der Waals surface area contributed by atoms with Gasteiger partial charge in [0.25, 0.3) is 11.8 Å². The first kappa shape index (κ1) is 25.5. The molecule has 0 spiro atoms. The number of thiocarbonyl (C=S) groups is 1. The number of carbonyl (C=O) groups is 2. The van der Waals surface area contributed by atoms with Crippen molar-refractivity contribution in [3.63, 3.8) is 0 Å². The normalized spacial score (nSPS) is 14.3. The maximum Gasteiger partial charge on any atom is 0.270 e. The highest BCUT2D eigenvalue weighted by Crippen LogP contribution is 2.37. The van der Waals surface area contributed by atoms with E-state index in [1.165, 1.54) is 29.3 Å². The van der Waals surface area contributed by atoms with Gasteiger partial charge >= 0.3 is 0 Å². The Morgan fingerprint density at radius 2 is 1.78 bits per heavy atom. The Hall–Kier alpha value is -3.62. The first-order chi connectivity index (χ1) is 17.4. The van der Waals surface area contributed by atoms with Crippen molar-refractivity contribution in [1.82, 2.24) is 0 Å². The minimum Gasteiger partial charge on any atom is -0.493 e. The molecule has 3 aromatic carbocycles. The van der Waals surface area contributed by atoms with Gasteiger partial charge < -0.3 is 14.8 Å². The zero-order valence-corrected chi connectivity index (χ0v) is 21.9. The number of nitrogens with one attached hydrogen (secondary N) is 1. The Bertz CT molecular complexity index is 1320. The van der Waals surface area contributed by atoms with E-state index in [1.54, 1.807) is 24.3 Å². The molecule has 6 nitrogen and oxygen atoms in total. The molecule has 36 heavy (non-hydrogen) atoms. The zero-order valence-electron chi connectivity index (χ0n) is 20.2. The largest absolute Gasteiger partial charge is 0.493 e. The molecule has 1 fully saturated rings. The number of hydrogen-bond donors (Lipinski definition) is 1. The second-order valence-corrected chi connectivity index (χ2v) is 9.83. The SMILES string of the molecule is CCc1ccc(NC(=O)COc2ccc(/C=C3\SC(=S)N(c4ccc(C)cc4)C3=O)cc2OC)cc1. The van der Waals surface area contributed by atoms with E-state index in [-0.39, 0.29) is 18.4 Å². The summed E-state index contributed by atoms with van der Waals surface area (Å²) in [6.07, 6.45) is 2.71. The van der Waals surface area contributed by atoms with Crippen molar-refractivity contribution in [2.75, 3.05) is 23.9 Å². The van der Waals surface area contributed by atoms with Crippen LogP contribution in [0.1, 0.15) is 23.6 Å². The fourth-order valence-corrected chi connectivity index (χ4v) is 4.89. The highest BCUT2D eigenvalue weighted by Gasteiger charge is 2.33. The minimum absolute atomic E-state index is 0.166. The summed E-state index contributed by atoms with van der Waals surface area (Å²) < 4.78 is 11.6. The van der Waals surface area contributed by atoms with Gasteiger partial charge in [-0.15, -0.1) is 0 Å². The van der Waals surface area contributed by atoms with Gasteiger partial charge in [0.15, 0.2) is 22.4 Å². The van der Waals surface area contributed by atoms with Crippen LogP contribution in [0.5, 0.6) is 11.5 Å². The highest BCUT2D eigenvalue weighted by atomic mass is 32.2. The van der Waals surface area contributed by atoms with E-state index in [9.17, 15) is 9.59 Å². The molecule has 1 saturated heterocycles. The summed E-state index contributed by atoms with van der Waals surface area (Å²) in [5.74, 6) is 0.443. The molecule has 0 bridgehead atoms. The van der Waals surface area contributed by atoms with Gasteiger partial charge in [0.05, 0.1) is 17.7 Å². The average molecular weight is 519 g/mol. The Morgan fingerprint density at radius 3 is 2.44 bits per heavy atom. The van der Waals surface area contributed by atoms with Crippen molar-refractivity contribution in [3.8, 4) is 11.5 Å². The van der Waals surface area contributed by atoms with E-state index in [4.69, 9.17) is 21.7 Å². The summed E-state index contributed by atoms with van der Waals surface area (Å²) in [4.78, 5) is 27.4. The topological polar surface area (TPSA) is 67.9 Å². The quantitative estimate of drug-likeness (QED) is 0.292. The van der Waals surface area contributed by atoms with Crippen LogP contribution in [-0.2, 0) is 16.0 Å². The smallest absolute Gasteiger partial charge is 0.270 e. The molecule has 8 heteroatoms. The Balaban J connectivity index is 1.43. The Labute approximate surface area is 220 Å². The van der Waals surface area contributed by atoms with Crippen LogP contribution < -0.4 is 19.7 Å². The van der Waals surface area contributed by atoms with E-state index in [0.717, 1.165) is 23.2 Å². The molecule has 184 valence electrons. The fourth-order valence-electron chi connectivity index (χ4n) is 3.59. The van der Waals surface area contributed by atoms with Gasteiger partial charge in [-0.3, -0.25) is 14.5 Å². The van der Waals surface area contributed by atoms with Crippen molar-refractivity contribution < 1.29 is 19.1 Å². The lowest BCUT2D eigenvalue weighted by atomic mass is 10.1. The number of aryl methyl sites for hydroxylation is 2. The third-order valence-electron chi connectivity index (χ3n) is 5.58. The molecular weight excluding hydrogens is 492 g/mol. The third-order valence-corrected chi connectivity index (χ3v) is 6.88. The Kier molecular flexibility index (Phi) is 8.07. The van der Waals surface area contributed by atoms with Crippen LogP contribution in [0.2, 0.25) is 0 Å². The van der Waals surface area contributed by atoms with Crippen LogP contribution in [-0.4, -0.2) is 29.9 Å². The number of nitrogens with zero attached hydrogens (tertiary/aromatic N) is 1. The van der Waals surface area contributed by atoms with Gasteiger partial charge in [0, 0.05) is 5.69 Å². The molecule has 4 rings (SSSR count). The van der Waals surface area contributed by atoms with Crippen molar-refractivity contribution in [1.29, 1.82) is 0 Å². The molecular formula is C28H26N2O4S2. The van der Waals surface area contributed by atoms with Gasteiger partial charge in [0.2, 0.25) is 0 Å². The van der Waals surface area contributed by atoms with Gasteiger partial charge in [-0.1, -0.05) is 66.8 Å². The molecule has 0 aliphatic carbocycles. The third kappa shape index (κ3) is 5.95. The molecule has 3 aromatic rings. The van der Waals surface area contributed by atoms with Gasteiger partial charge in [-0.25, -0.2) is 0 Å². The summed E-state index contributed by atoms with van der Waals surface area (Å²) >= 11 is 6.71. The maximum absolute atomic E-state index is 13.0. The Morgan fingerprint density at radius 1 is 1.06 bits per heavy atom. The first-order valence-corrected chi connectivity index (χ1v) is 12.6. The number of thioether (sulfide) groups is 1. The van der Waals surface area contributed by atoms with Crippen LogP contribution in [0, 0.1) is 6.92 Å². The summed E-state index contributed by atoms with van der Waals surface area (Å²) in [6, 6.07) is 20.6. The predicted octanol–water partition coefficient (Wildman–Crippen LogP) is 5.99. The lowest BCUT2D eigenvalue weighted by Crippen LogP contribution is -2.27. The predicted molar refractivity (Wildman–Crippen MR) is 150 cm³/mol. The number of amides is 2. The zero-order chi connectivity index (χ0) is 25.7. The van der Waals surface area contributed by atoms with Crippen molar-refractivity contribution >= 4 is 57.6 Å². The number of hydrogen-bond acceptors (Lipinski definition) is 6. The number of carbonyl (C=O) groups excluding carboxylic acids is 2. The van der Waals surface area contributed by atoms with Crippen LogP contribution in [0.15, 0.2) is 71.6 Å². The van der Waals surface area contributed by atoms with E-state index in [0.29, 0.717) is 26.4 Å². The van der Waals surface area contributed by atoms with Crippen LogP contribution in [0.25, 0.3) is 6.08 Å². The van der Waals surface area contributed by atoms with E-state index in [2.05, 4.69) is 12.2 Å². The van der Waals surface area contributed by atoms with E-state index < -0.39 is 0 Å². The number of anilines is 2. The fraction of sp³-hybridized carbons (Fsp3) is 0.179. The molecule has 0 unspecified atom stereocenters. The molecule has 1 N–H and O–H groups in total. The monoisotopic (exact) mass is 518 g/mol. The molecule has 1 aliphatic heterocycles. The van der Waals surface area contributed by atoms with E-state index in [1.807, 2.05) is 55.5 Å². The van der Waals surface area contributed by atoms with Gasteiger partial charge in [-0.2, -0.15) is 0 Å². The van der Waals surface area contributed by atoms with Crippen LogP contribution in [0.3, 0.4) is 0 Å². The molecule has 2 amide bonds. The number of ether oxygens (including phenoxy) is 2. The van der Waals surface area contributed by atoms with E-state index >= 15 is 0 Å². The minimum atomic E-state index is -0.273. The van der Waals surface area contributed by atoms with Crippen molar-refractivity contribution in [2.24, 2.45) is 0 Å². The summed E-state index contributed by atoms with van der Waals surface area (Å²) in [6.45, 7) is 3.91. The lowest BCUT2D eigenvalue weighted by molar-refractivity contribution is -0.118. The second kappa shape index (κ2) is 11.4. The average Bonchev–Trinajstić information content (AvgIpc) is 3.16. The van der Waals surface area contributed by atoms with Crippen LogP contribution in [0.4, 0.5) is 11.4 Å². The molecule has 0 aromatic heterocycles. The molecule has 1 aliphatic rings. The molecule has 0 radical (unpaired) electrons. The second-order valence-electron chi connectivity index (χ2n) is 8.15. The number of benzene rings is 3.